The molecular weight excluding hydrogens is 190 g/mol. The Bertz CT molecular complexity index is 548. The van der Waals surface area contributed by atoms with Gasteiger partial charge in [0.1, 0.15) is 0 Å². The molecule has 0 bridgehead atoms. The lowest BCUT2D eigenvalue weighted by molar-refractivity contribution is 1.48. The van der Waals surface area contributed by atoms with Crippen molar-refractivity contribution in [2.75, 3.05) is 0 Å². The number of aromatic nitrogens is 1. The predicted octanol–water partition coefficient (Wildman–Crippen LogP) is 3.90. The van der Waals surface area contributed by atoms with E-state index in [-0.39, 0.29) is 0 Å². The van der Waals surface area contributed by atoms with E-state index in [9.17, 15) is 0 Å². The van der Waals surface area contributed by atoms with E-state index in [0.29, 0.717) is 0 Å². The van der Waals surface area contributed by atoms with Crippen LogP contribution in [-0.2, 0) is 0 Å². The Kier molecular flexibility index (Phi) is 1.67. The second-order valence-electron chi connectivity index (χ2n) is 3.26. The van der Waals surface area contributed by atoms with Gasteiger partial charge in [0.15, 0.2) is 0 Å². The Morgan fingerprint density at radius 2 is 2.07 bits per heavy atom. The molecule has 3 aromatic rings. The first kappa shape index (κ1) is 7.83. The van der Waals surface area contributed by atoms with Gasteiger partial charge in [0.25, 0.3) is 0 Å². The predicted molar refractivity (Wildman–Crippen MR) is 61.6 cm³/mol. The van der Waals surface area contributed by atoms with Crippen molar-refractivity contribution in [2.24, 2.45) is 0 Å². The van der Waals surface area contributed by atoms with Crippen LogP contribution in [0.5, 0.6) is 0 Å². The summed E-state index contributed by atoms with van der Waals surface area (Å²) in [6.45, 7) is 0. The summed E-state index contributed by atoms with van der Waals surface area (Å²) in [5, 5.41) is 5.56. The maximum absolute atomic E-state index is 3.28. The molecule has 2 aromatic heterocycles. The van der Waals surface area contributed by atoms with Crippen LogP contribution in [0, 0.1) is 0 Å². The van der Waals surface area contributed by atoms with E-state index >= 15 is 0 Å². The highest BCUT2D eigenvalue weighted by Crippen LogP contribution is 2.28. The first-order chi connectivity index (χ1) is 6.95. The molecule has 0 saturated carbocycles. The molecule has 1 N–H and O–H groups in total. The number of H-pyrrole nitrogens is 1. The minimum absolute atomic E-state index is 1.23. The number of nitrogens with one attached hydrogen (secondary N) is 1. The van der Waals surface area contributed by atoms with Gasteiger partial charge < -0.3 is 4.98 Å². The van der Waals surface area contributed by atoms with Gasteiger partial charge >= 0.3 is 0 Å². The van der Waals surface area contributed by atoms with Crippen LogP contribution >= 0.6 is 11.3 Å². The van der Waals surface area contributed by atoms with E-state index in [1.807, 2.05) is 6.20 Å². The fourth-order valence-electron chi connectivity index (χ4n) is 1.74. The number of hydrogen-bond donors (Lipinski definition) is 1. The van der Waals surface area contributed by atoms with Crippen LogP contribution in [0.2, 0.25) is 0 Å². The second kappa shape index (κ2) is 3.00. The lowest BCUT2D eigenvalue weighted by Crippen LogP contribution is -1.76. The molecule has 2 heteroatoms. The highest BCUT2D eigenvalue weighted by Gasteiger charge is 2.03. The second-order valence-corrected chi connectivity index (χ2v) is 4.04. The number of para-hydroxylation sites is 1. The van der Waals surface area contributed by atoms with Gasteiger partial charge in [-0.05, 0) is 33.8 Å². The van der Waals surface area contributed by atoms with Crippen molar-refractivity contribution in [3.05, 3.63) is 47.3 Å². The van der Waals surface area contributed by atoms with E-state index in [0.717, 1.165) is 0 Å². The minimum Gasteiger partial charge on any atom is -0.361 e. The average Bonchev–Trinajstić information content (AvgIpc) is 2.88. The van der Waals surface area contributed by atoms with Crippen LogP contribution in [0.15, 0.2) is 47.3 Å². The molecule has 1 nitrogen and oxygen atoms in total. The Hall–Kier alpha value is -1.54. The summed E-state index contributed by atoms with van der Waals surface area (Å²) in [4.78, 5) is 3.28. The zero-order chi connectivity index (χ0) is 9.38. The summed E-state index contributed by atoms with van der Waals surface area (Å²) < 4.78 is 0. The fraction of sp³-hybridized carbons (Fsp3) is 0. The van der Waals surface area contributed by atoms with Crippen LogP contribution in [0.25, 0.3) is 22.0 Å². The van der Waals surface area contributed by atoms with Crippen LogP contribution in [0.3, 0.4) is 0 Å². The average molecular weight is 199 g/mol. The lowest BCUT2D eigenvalue weighted by Gasteiger charge is -1.99. The van der Waals surface area contributed by atoms with Crippen molar-refractivity contribution >= 4 is 22.2 Å². The highest BCUT2D eigenvalue weighted by atomic mass is 32.1. The molecule has 0 aliphatic rings. The van der Waals surface area contributed by atoms with E-state index in [1.54, 1.807) is 11.3 Å². The molecule has 2 heterocycles. The third-order valence-electron chi connectivity index (χ3n) is 2.42. The van der Waals surface area contributed by atoms with Gasteiger partial charge in [0.05, 0.1) is 5.52 Å². The molecule has 1 aromatic carbocycles. The lowest BCUT2D eigenvalue weighted by atomic mass is 10.1. The van der Waals surface area contributed by atoms with Crippen molar-refractivity contribution in [2.45, 2.75) is 0 Å². The molecular formula is C12H9NS. The number of fused-ring (bicyclic) bond motifs is 1. The number of aromatic amines is 1. The van der Waals surface area contributed by atoms with Gasteiger partial charge in [-0.1, -0.05) is 18.2 Å². The van der Waals surface area contributed by atoms with Crippen molar-refractivity contribution in [3.63, 3.8) is 0 Å². The van der Waals surface area contributed by atoms with Gasteiger partial charge in [0.2, 0.25) is 0 Å². The largest absolute Gasteiger partial charge is 0.361 e. The van der Waals surface area contributed by atoms with Gasteiger partial charge in [-0.15, -0.1) is 0 Å². The van der Waals surface area contributed by atoms with E-state index in [2.05, 4.69) is 46.1 Å². The number of benzene rings is 1. The van der Waals surface area contributed by atoms with Gasteiger partial charge in [-0.3, -0.25) is 0 Å². The van der Waals surface area contributed by atoms with E-state index in [1.165, 1.54) is 22.0 Å². The number of rotatable bonds is 1. The number of hydrogen-bond acceptors (Lipinski definition) is 1. The smallest absolute Gasteiger partial charge is 0.0533 e. The SMILES string of the molecule is c1cc(-c2ccsc2)c2[nH]ccc2c1. The summed E-state index contributed by atoms with van der Waals surface area (Å²) in [6.07, 6.45) is 1.99. The minimum atomic E-state index is 1.23. The molecule has 0 radical (unpaired) electrons. The Balaban J connectivity index is 2.36. The summed E-state index contributed by atoms with van der Waals surface area (Å²) in [6, 6.07) is 10.6. The van der Waals surface area contributed by atoms with Crippen LogP contribution in [-0.4, -0.2) is 4.98 Å². The summed E-state index contributed by atoms with van der Waals surface area (Å²) >= 11 is 1.73. The standard InChI is InChI=1S/C12H9NS/c1-2-9-4-6-13-12(9)11(3-1)10-5-7-14-8-10/h1-8,13H. The topological polar surface area (TPSA) is 15.8 Å². The van der Waals surface area contributed by atoms with Crippen molar-refractivity contribution in [1.29, 1.82) is 0 Å². The molecule has 0 fully saturated rings. The molecule has 0 atom stereocenters. The van der Waals surface area contributed by atoms with Crippen LogP contribution in [0.1, 0.15) is 0 Å². The molecule has 0 unspecified atom stereocenters. The Morgan fingerprint density at radius 3 is 2.93 bits per heavy atom. The molecule has 0 spiro atoms. The van der Waals surface area contributed by atoms with Crippen molar-refractivity contribution in [1.82, 2.24) is 4.98 Å². The van der Waals surface area contributed by atoms with Gasteiger partial charge in [0, 0.05) is 11.8 Å². The Morgan fingerprint density at radius 1 is 1.07 bits per heavy atom. The van der Waals surface area contributed by atoms with Gasteiger partial charge in [-0.25, -0.2) is 0 Å². The molecule has 14 heavy (non-hydrogen) atoms. The molecule has 3 rings (SSSR count). The number of thiophene rings is 1. The fourth-order valence-corrected chi connectivity index (χ4v) is 2.40. The summed E-state index contributed by atoms with van der Waals surface area (Å²) in [5.41, 5.74) is 3.81. The molecule has 0 aliphatic carbocycles. The van der Waals surface area contributed by atoms with E-state index in [4.69, 9.17) is 0 Å². The zero-order valence-electron chi connectivity index (χ0n) is 7.53. The first-order valence-corrected chi connectivity index (χ1v) is 5.48. The molecule has 0 saturated heterocycles. The van der Waals surface area contributed by atoms with Crippen molar-refractivity contribution < 1.29 is 0 Å². The van der Waals surface area contributed by atoms with E-state index < -0.39 is 0 Å². The summed E-state index contributed by atoms with van der Waals surface area (Å²) in [5.74, 6) is 0. The van der Waals surface area contributed by atoms with Crippen LogP contribution < -0.4 is 0 Å². The molecule has 0 aliphatic heterocycles. The third kappa shape index (κ3) is 1.08. The first-order valence-electron chi connectivity index (χ1n) is 4.54. The van der Waals surface area contributed by atoms with Gasteiger partial charge in [-0.2, -0.15) is 11.3 Å². The maximum atomic E-state index is 3.28. The normalized spacial score (nSPS) is 10.9. The third-order valence-corrected chi connectivity index (χ3v) is 3.10. The highest BCUT2D eigenvalue weighted by molar-refractivity contribution is 7.08. The van der Waals surface area contributed by atoms with Crippen LogP contribution in [0.4, 0.5) is 0 Å². The summed E-state index contributed by atoms with van der Waals surface area (Å²) in [7, 11) is 0. The molecule has 0 amide bonds. The molecule has 68 valence electrons. The quantitative estimate of drug-likeness (QED) is 0.612. The Labute approximate surface area is 86.0 Å². The monoisotopic (exact) mass is 199 g/mol. The zero-order valence-corrected chi connectivity index (χ0v) is 8.34. The maximum Gasteiger partial charge on any atom is 0.0533 e. The van der Waals surface area contributed by atoms with Crippen molar-refractivity contribution in [3.8, 4) is 11.1 Å².